The first-order valence-electron chi connectivity index (χ1n) is 4.65. The van der Waals surface area contributed by atoms with E-state index in [1.807, 2.05) is 0 Å². The highest BCUT2D eigenvalue weighted by Crippen LogP contribution is 2.40. The van der Waals surface area contributed by atoms with Crippen LogP contribution in [-0.4, -0.2) is 5.51 Å². The zero-order chi connectivity index (χ0) is 12.2. The highest BCUT2D eigenvalue weighted by Gasteiger charge is 2.30. The van der Waals surface area contributed by atoms with E-state index in [-0.39, 0.29) is 16.7 Å². The molecule has 0 fully saturated rings. The molecule has 16 heavy (non-hydrogen) atoms. The van der Waals surface area contributed by atoms with Crippen LogP contribution in [-0.2, 0) is 0 Å². The third kappa shape index (κ3) is 3.90. The van der Waals surface area contributed by atoms with Crippen LogP contribution in [0, 0.1) is 0 Å². The molecule has 0 bridgehead atoms. The number of halogens is 3. The molecule has 5 heteroatoms. The van der Waals surface area contributed by atoms with E-state index in [4.69, 9.17) is 5.73 Å². The highest BCUT2D eigenvalue weighted by molar-refractivity contribution is 8.00. The Kier molecular flexibility index (Phi) is 4.44. The monoisotopic (exact) mass is 247 g/mol. The third-order valence-electron chi connectivity index (χ3n) is 1.96. The van der Waals surface area contributed by atoms with E-state index in [9.17, 15) is 13.2 Å². The Hall–Kier alpha value is -0.940. The average molecular weight is 247 g/mol. The van der Waals surface area contributed by atoms with Gasteiger partial charge >= 0.3 is 5.51 Å². The SMILES string of the molecule is C=CC[C@H](N)c1ccccc1SC(F)(F)F. The van der Waals surface area contributed by atoms with E-state index < -0.39 is 11.6 Å². The van der Waals surface area contributed by atoms with Gasteiger partial charge in [0.05, 0.1) is 0 Å². The molecule has 0 aliphatic rings. The zero-order valence-corrected chi connectivity index (χ0v) is 9.31. The summed E-state index contributed by atoms with van der Waals surface area (Å²) in [4.78, 5) is 0.157. The number of benzene rings is 1. The average Bonchev–Trinajstić information content (AvgIpc) is 2.16. The summed E-state index contributed by atoms with van der Waals surface area (Å²) in [6, 6.07) is 5.85. The molecule has 1 nitrogen and oxygen atoms in total. The van der Waals surface area contributed by atoms with Gasteiger partial charge < -0.3 is 5.73 Å². The summed E-state index contributed by atoms with van der Waals surface area (Å²) in [6.07, 6.45) is 2.05. The summed E-state index contributed by atoms with van der Waals surface area (Å²) in [6.45, 7) is 3.52. The van der Waals surface area contributed by atoms with Gasteiger partial charge in [0.2, 0.25) is 0 Å². The normalized spacial score (nSPS) is 13.5. The second-order valence-corrected chi connectivity index (χ2v) is 4.32. The summed E-state index contributed by atoms with van der Waals surface area (Å²) in [7, 11) is 0. The summed E-state index contributed by atoms with van der Waals surface area (Å²) < 4.78 is 36.8. The fourth-order valence-corrected chi connectivity index (χ4v) is 2.04. The van der Waals surface area contributed by atoms with Gasteiger partial charge in [-0.2, -0.15) is 13.2 Å². The molecule has 0 spiro atoms. The minimum Gasteiger partial charge on any atom is -0.324 e. The number of nitrogens with two attached hydrogens (primary N) is 1. The van der Waals surface area contributed by atoms with Gasteiger partial charge in [-0.3, -0.25) is 0 Å². The number of alkyl halides is 3. The predicted molar refractivity (Wildman–Crippen MR) is 60.1 cm³/mol. The van der Waals surface area contributed by atoms with Crippen molar-refractivity contribution >= 4 is 11.8 Å². The van der Waals surface area contributed by atoms with Crippen molar-refractivity contribution < 1.29 is 13.2 Å². The fraction of sp³-hybridized carbons (Fsp3) is 0.273. The van der Waals surface area contributed by atoms with Crippen molar-refractivity contribution in [2.75, 3.05) is 0 Å². The van der Waals surface area contributed by atoms with Crippen molar-refractivity contribution in [2.24, 2.45) is 5.73 Å². The first-order valence-corrected chi connectivity index (χ1v) is 5.47. The van der Waals surface area contributed by atoms with Gasteiger partial charge in [-0.15, -0.1) is 6.58 Å². The number of hydrogen-bond donors (Lipinski definition) is 1. The molecule has 0 aromatic heterocycles. The first-order chi connectivity index (χ1) is 7.44. The van der Waals surface area contributed by atoms with Crippen LogP contribution in [0.5, 0.6) is 0 Å². The third-order valence-corrected chi connectivity index (χ3v) is 2.79. The molecule has 0 radical (unpaired) electrons. The minimum atomic E-state index is -4.29. The Morgan fingerprint density at radius 2 is 2.00 bits per heavy atom. The predicted octanol–water partition coefficient (Wildman–Crippen LogP) is 3.87. The molecule has 0 aliphatic carbocycles. The van der Waals surface area contributed by atoms with Gasteiger partial charge in [-0.1, -0.05) is 24.3 Å². The molecule has 88 valence electrons. The van der Waals surface area contributed by atoms with Gasteiger partial charge in [-0.25, -0.2) is 0 Å². The maximum absolute atomic E-state index is 12.3. The summed E-state index contributed by atoms with van der Waals surface area (Å²) in [5.74, 6) is 0. The Bertz CT molecular complexity index is 362. The molecule has 0 unspecified atom stereocenters. The molecule has 0 amide bonds. The largest absolute Gasteiger partial charge is 0.446 e. The van der Waals surface area contributed by atoms with Gasteiger partial charge in [0.25, 0.3) is 0 Å². The van der Waals surface area contributed by atoms with Crippen LogP contribution in [0.4, 0.5) is 13.2 Å². The van der Waals surface area contributed by atoms with Crippen LogP contribution in [0.3, 0.4) is 0 Å². The molecule has 1 aromatic rings. The number of rotatable bonds is 4. The molecule has 0 heterocycles. The van der Waals surface area contributed by atoms with Crippen LogP contribution in [0.1, 0.15) is 18.0 Å². The molecule has 2 N–H and O–H groups in total. The van der Waals surface area contributed by atoms with Gasteiger partial charge in [-0.05, 0) is 29.8 Å². The molecule has 1 aromatic carbocycles. The van der Waals surface area contributed by atoms with E-state index in [1.54, 1.807) is 24.3 Å². The molecular weight excluding hydrogens is 235 g/mol. The highest BCUT2D eigenvalue weighted by atomic mass is 32.2. The van der Waals surface area contributed by atoms with Crippen molar-refractivity contribution in [3.8, 4) is 0 Å². The Morgan fingerprint density at radius 3 is 2.56 bits per heavy atom. The van der Waals surface area contributed by atoms with Crippen molar-refractivity contribution in [1.29, 1.82) is 0 Å². The lowest BCUT2D eigenvalue weighted by molar-refractivity contribution is -0.0328. The lowest BCUT2D eigenvalue weighted by Crippen LogP contribution is -2.11. The van der Waals surface area contributed by atoms with E-state index in [2.05, 4.69) is 6.58 Å². The Balaban J connectivity index is 2.95. The minimum absolute atomic E-state index is 0.133. The zero-order valence-electron chi connectivity index (χ0n) is 8.50. The van der Waals surface area contributed by atoms with Crippen LogP contribution in [0.15, 0.2) is 41.8 Å². The first kappa shape index (κ1) is 13.1. The van der Waals surface area contributed by atoms with Crippen molar-refractivity contribution in [1.82, 2.24) is 0 Å². The lowest BCUT2D eigenvalue weighted by atomic mass is 10.1. The number of hydrogen-bond acceptors (Lipinski definition) is 2. The smallest absolute Gasteiger partial charge is 0.324 e. The second kappa shape index (κ2) is 5.41. The van der Waals surface area contributed by atoms with Crippen molar-refractivity contribution in [3.63, 3.8) is 0 Å². The fourth-order valence-electron chi connectivity index (χ4n) is 1.31. The van der Waals surface area contributed by atoms with Crippen LogP contribution in [0.2, 0.25) is 0 Å². The molecule has 0 saturated heterocycles. The summed E-state index contributed by atoms with van der Waals surface area (Å²) in [5, 5.41) is 0. The molecular formula is C11H12F3NS. The maximum Gasteiger partial charge on any atom is 0.446 e. The van der Waals surface area contributed by atoms with Gasteiger partial charge in [0.15, 0.2) is 0 Å². The summed E-state index contributed by atoms with van der Waals surface area (Å²) >= 11 is -0.133. The van der Waals surface area contributed by atoms with Crippen molar-refractivity contribution in [3.05, 3.63) is 42.5 Å². The quantitative estimate of drug-likeness (QED) is 0.645. The lowest BCUT2D eigenvalue weighted by Gasteiger charge is -2.15. The second-order valence-electron chi connectivity index (χ2n) is 3.22. The van der Waals surface area contributed by atoms with E-state index in [1.165, 1.54) is 6.07 Å². The maximum atomic E-state index is 12.3. The van der Waals surface area contributed by atoms with Gasteiger partial charge in [0, 0.05) is 10.9 Å². The standard InChI is InChI=1S/C11H12F3NS/c1-2-5-9(15)8-6-3-4-7-10(8)16-11(12,13)14/h2-4,6-7,9H,1,5,15H2/t9-/m0/s1. The Labute approximate surface area is 96.5 Å². The topological polar surface area (TPSA) is 26.0 Å². The van der Waals surface area contributed by atoms with Gasteiger partial charge in [0.1, 0.15) is 0 Å². The molecule has 1 rings (SSSR count). The van der Waals surface area contributed by atoms with E-state index >= 15 is 0 Å². The van der Waals surface area contributed by atoms with E-state index in [0.29, 0.717) is 12.0 Å². The van der Waals surface area contributed by atoms with Crippen molar-refractivity contribution in [2.45, 2.75) is 22.9 Å². The number of thioether (sulfide) groups is 1. The molecule has 1 atom stereocenters. The van der Waals surface area contributed by atoms with Crippen LogP contribution >= 0.6 is 11.8 Å². The van der Waals surface area contributed by atoms with Crippen LogP contribution < -0.4 is 5.73 Å². The molecule has 0 aliphatic heterocycles. The molecule has 0 saturated carbocycles. The summed E-state index contributed by atoms with van der Waals surface area (Å²) in [5.41, 5.74) is 1.99. The van der Waals surface area contributed by atoms with Crippen LogP contribution in [0.25, 0.3) is 0 Å². The van der Waals surface area contributed by atoms with E-state index in [0.717, 1.165) is 0 Å². The Morgan fingerprint density at radius 1 is 1.38 bits per heavy atom.